The Morgan fingerprint density at radius 3 is 2.32 bits per heavy atom. The molecule has 104 valence electrons. The minimum atomic E-state index is -0.600. The Morgan fingerprint density at radius 1 is 1.26 bits per heavy atom. The Kier molecular flexibility index (Phi) is 5.10. The first-order chi connectivity index (χ1) is 8.83. The molecule has 0 radical (unpaired) electrons. The molecule has 0 heterocycles. The topological polar surface area (TPSA) is 55.4 Å². The molecular formula is C15H21NO3. The molecule has 4 heteroatoms. The molecule has 2 unspecified atom stereocenters. The molecule has 0 bridgehead atoms. The van der Waals surface area contributed by atoms with Crippen molar-refractivity contribution in [1.82, 2.24) is 5.32 Å². The fourth-order valence-electron chi connectivity index (χ4n) is 1.68. The number of amides is 1. The van der Waals surface area contributed by atoms with Crippen LogP contribution in [0.5, 0.6) is 0 Å². The molecule has 1 amide bonds. The molecule has 0 aliphatic carbocycles. The molecule has 0 saturated heterocycles. The van der Waals surface area contributed by atoms with Crippen molar-refractivity contribution in [2.75, 3.05) is 0 Å². The smallest absolute Gasteiger partial charge is 0.408 e. The highest BCUT2D eigenvalue weighted by Crippen LogP contribution is 2.18. The van der Waals surface area contributed by atoms with E-state index in [1.54, 1.807) is 20.8 Å². The van der Waals surface area contributed by atoms with Crippen molar-refractivity contribution in [2.24, 2.45) is 0 Å². The number of carbonyl (C=O) groups excluding carboxylic acids is 2. The van der Waals surface area contributed by atoms with Gasteiger partial charge in [-0.3, -0.25) is 0 Å². The molecule has 1 rings (SSSR count). The number of nitrogens with one attached hydrogen (secondary N) is 1. The summed E-state index contributed by atoms with van der Waals surface area (Å²) in [5.41, 5.74) is 0.420. The average Bonchev–Trinajstić information content (AvgIpc) is 2.34. The van der Waals surface area contributed by atoms with E-state index in [-0.39, 0.29) is 5.92 Å². The Balaban J connectivity index is 2.68. The van der Waals surface area contributed by atoms with Crippen LogP contribution in [0.4, 0.5) is 4.79 Å². The van der Waals surface area contributed by atoms with Crippen LogP contribution in [0.2, 0.25) is 0 Å². The van der Waals surface area contributed by atoms with Crippen LogP contribution in [-0.4, -0.2) is 24.0 Å². The van der Waals surface area contributed by atoms with Gasteiger partial charge in [-0.15, -0.1) is 0 Å². The summed E-state index contributed by atoms with van der Waals surface area (Å²) in [6.07, 6.45) is 0.161. The fourth-order valence-corrected chi connectivity index (χ4v) is 1.68. The van der Waals surface area contributed by atoms with Gasteiger partial charge in [-0.2, -0.15) is 0 Å². The van der Waals surface area contributed by atoms with E-state index in [0.29, 0.717) is 0 Å². The van der Waals surface area contributed by atoms with Crippen LogP contribution < -0.4 is 5.32 Å². The average molecular weight is 263 g/mol. The third-order valence-electron chi connectivity index (χ3n) is 2.69. The molecule has 0 saturated carbocycles. The minimum Gasteiger partial charge on any atom is -0.444 e. The molecule has 1 aromatic carbocycles. The number of benzene rings is 1. The van der Waals surface area contributed by atoms with E-state index < -0.39 is 17.7 Å². The van der Waals surface area contributed by atoms with Gasteiger partial charge in [0.25, 0.3) is 0 Å². The monoisotopic (exact) mass is 263 g/mol. The van der Waals surface area contributed by atoms with Crippen molar-refractivity contribution in [3.63, 3.8) is 0 Å². The number of hydrogen-bond donors (Lipinski definition) is 1. The van der Waals surface area contributed by atoms with E-state index in [1.807, 2.05) is 37.3 Å². The van der Waals surface area contributed by atoms with Gasteiger partial charge in [0.15, 0.2) is 0 Å². The van der Waals surface area contributed by atoms with Crippen molar-refractivity contribution in [1.29, 1.82) is 0 Å². The first kappa shape index (κ1) is 15.2. The summed E-state index contributed by atoms with van der Waals surface area (Å²) >= 11 is 0. The Bertz CT molecular complexity index is 423. The van der Waals surface area contributed by atoms with E-state index >= 15 is 0 Å². The van der Waals surface area contributed by atoms with E-state index in [1.165, 1.54) is 0 Å². The lowest BCUT2D eigenvalue weighted by atomic mass is 9.94. The van der Waals surface area contributed by atoms with Crippen LogP contribution in [0, 0.1) is 0 Å². The Hall–Kier alpha value is -1.84. The van der Waals surface area contributed by atoms with Gasteiger partial charge in [-0.05, 0) is 26.3 Å². The second-order valence-electron chi connectivity index (χ2n) is 5.51. The summed E-state index contributed by atoms with van der Waals surface area (Å²) < 4.78 is 5.15. The van der Waals surface area contributed by atoms with Crippen LogP contribution in [0.3, 0.4) is 0 Å². The van der Waals surface area contributed by atoms with Crippen LogP contribution in [0.25, 0.3) is 0 Å². The van der Waals surface area contributed by atoms with Crippen LogP contribution in [-0.2, 0) is 9.53 Å². The third kappa shape index (κ3) is 5.12. The molecule has 0 fully saturated rings. The van der Waals surface area contributed by atoms with Gasteiger partial charge < -0.3 is 14.8 Å². The molecule has 4 nitrogen and oxygen atoms in total. The van der Waals surface area contributed by atoms with Crippen molar-refractivity contribution >= 4 is 12.4 Å². The van der Waals surface area contributed by atoms with Gasteiger partial charge in [0.1, 0.15) is 11.9 Å². The first-order valence-corrected chi connectivity index (χ1v) is 6.33. The molecule has 0 aromatic heterocycles. The van der Waals surface area contributed by atoms with E-state index in [0.717, 1.165) is 11.8 Å². The summed E-state index contributed by atoms with van der Waals surface area (Å²) in [5.74, 6) is -0.105. The first-order valence-electron chi connectivity index (χ1n) is 6.33. The van der Waals surface area contributed by atoms with Crippen molar-refractivity contribution in [2.45, 2.75) is 45.3 Å². The third-order valence-corrected chi connectivity index (χ3v) is 2.69. The lowest BCUT2D eigenvalue weighted by Crippen LogP contribution is -2.42. The standard InChI is InChI=1S/C15H21NO3/c1-11(12-8-6-5-7-9-12)13(10-17)16-14(18)19-15(2,3)4/h5-11,13H,1-4H3,(H,16,18). The van der Waals surface area contributed by atoms with Gasteiger partial charge in [0.2, 0.25) is 0 Å². The lowest BCUT2D eigenvalue weighted by Gasteiger charge is -2.24. The highest BCUT2D eigenvalue weighted by atomic mass is 16.6. The largest absolute Gasteiger partial charge is 0.444 e. The fraction of sp³-hybridized carbons (Fsp3) is 0.467. The number of alkyl carbamates (subject to hydrolysis) is 1. The maximum absolute atomic E-state index is 11.7. The maximum Gasteiger partial charge on any atom is 0.408 e. The van der Waals surface area contributed by atoms with Crippen molar-refractivity contribution in [3.8, 4) is 0 Å². The molecule has 1 aromatic rings. The molecule has 0 aliphatic heterocycles. The highest BCUT2D eigenvalue weighted by Gasteiger charge is 2.23. The zero-order valence-corrected chi connectivity index (χ0v) is 11.8. The van der Waals surface area contributed by atoms with Crippen molar-refractivity contribution in [3.05, 3.63) is 35.9 Å². The highest BCUT2D eigenvalue weighted by molar-refractivity contribution is 5.74. The molecule has 0 spiro atoms. The quantitative estimate of drug-likeness (QED) is 0.850. The summed E-state index contributed by atoms with van der Waals surface area (Å²) in [6, 6.07) is 8.98. The second-order valence-corrected chi connectivity index (χ2v) is 5.51. The van der Waals surface area contributed by atoms with E-state index in [2.05, 4.69) is 5.32 Å². The maximum atomic E-state index is 11.7. The summed E-state index contributed by atoms with van der Waals surface area (Å²) in [6.45, 7) is 7.24. The van der Waals surface area contributed by atoms with Crippen LogP contribution >= 0.6 is 0 Å². The SMILES string of the molecule is CC(c1ccccc1)C(C=O)NC(=O)OC(C)(C)C. The van der Waals surface area contributed by atoms with Gasteiger partial charge in [0.05, 0.1) is 6.04 Å². The number of hydrogen-bond acceptors (Lipinski definition) is 3. The number of rotatable bonds is 4. The van der Waals surface area contributed by atoms with Crippen LogP contribution in [0.15, 0.2) is 30.3 Å². The van der Waals surface area contributed by atoms with Gasteiger partial charge in [0, 0.05) is 5.92 Å². The normalized spacial score (nSPS) is 14.3. The second kappa shape index (κ2) is 6.36. The molecule has 19 heavy (non-hydrogen) atoms. The van der Waals surface area contributed by atoms with Crippen molar-refractivity contribution < 1.29 is 14.3 Å². The van der Waals surface area contributed by atoms with Crippen LogP contribution in [0.1, 0.15) is 39.2 Å². The minimum absolute atomic E-state index is 0.105. The number of carbonyl (C=O) groups is 2. The Morgan fingerprint density at radius 2 is 1.84 bits per heavy atom. The zero-order chi connectivity index (χ0) is 14.5. The Labute approximate surface area is 114 Å². The lowest BCUT2D eigenvalue weighted by molar-refractivity contribution is -0.110. The number of ether oxygens (including phenoxy) is 1. The van der Waals surface area contributed by atoms with E-state index in [4.69, 9.17) is 4.74 Å². The predicted octanol–water partition coefficient (Wildman–Crippen LogP) is 2.88. The summed E-state index contributed by atoms with van der Waals surface area (Å²) in [4.78, 5) is 22.8. The van der Waals surface area contributed by atoms with Gasteiger partial charge in [-0.25, -0.2) is 4.79 Å². The summed E-state index contributed by atoms with van der Waals surface area (Å²) in [5, 5.41) is 2.59. The molecule has 0 aliphatic rings. The summed E-state index contributed by atoms with van der Waals surface area (Å²) in [7, 11) is 0. The van der Waals surface area contributed by atoms with Gasteiger partial charge >= 0.3 is 6.09 Å². The number of aldehydes is 1. The predicted molar refractivity (Wildman–Crippen MR) is 74.1 cm³/mol. The van der Waals surface area contributed by atoms with Gasteiger partial charge in [-0.1, -0.05) is 37.3 Å². The molecular weight excluding hydrogens is 242 g/mol. The van der Waals surface area contributed by atoms with E-state index in [9.17, 15) is 9.59 Å². The molecule has 1 N–H and O–H groups in total. The molecule has 2 atom stereocenters. The zero-order valence-electron chi connectivity index (χ0n) is 11.8.